The van der Waals surface area contributed by atoms with Crippen molar-refractivity contribution in [3.63, 3.8) is 0 Å². The first-order valence-corrected chi connectivity index (χ1v) is 9.70. The van der Waals surface area contributed by atoms with Gasteiger partial charge in [0.05, 0.1) is 18.3 Å². The topological polar surface area (TPSA) is 107 Å². The van der Waals surface area contributed by atoms with Crippen molar-refractivity contribution in [2.75, 3.05) is 25.6 Å². The zero-order valence-corrected chi connectivity index (χ0v) is 17.6. The summed E-state index contributed by atoms with van der Waals surface area (Å²) in [5.74, 6) is 0.158. The fourth-order valence-corrected chi connectivity index (χ4v) is 2.83. The molecule has 0 aliphatic carbocycles. The molecule has 0 fully saturated rings. The van der Waals surface area contributed by atoms with Gasteiger partial charge in [0, 0.05) is 25.2 Å². The molecule has 9 nitrogen and oxygen atoms in total. The van der Waals surface area contributed by atoms with E-state index in [1.807, 2.05) is 13.0 Å². The van der Waals surface area contributed by atoms with Gasteiger partial charge in [-0.25, -0.2) is 4.98 Å². The van der Waals surface area contributed by atoms with E-state index in [0.29, 0.717) is 28.7 Å². The van der Waals surface area contributed by atoms with Crippen LogP contribution in [-0.4, -0.2) is 40.7 Å². The highest BCUT2D eigenvalue weighted by Gasteiger charge is 2.12. The second-order valence-corrected chi connectivity index (χ2v) is 6.84. The smallest absolute Gasteiger partial charge is 0.318 e. The van der Waals surface area contributed by atoms with Crippen LogP contribution >= 0.6 is 11.6 Å². The van der Waals surface area contributed by atoms with Crippen molar-refractivity contribution in [3.05, 3.63) is 45.8 Å². The molecule has 0 spiro atoms. The number of amides is 1. The van der Waals surface area contributed by atoms with E-state index in [9.17, 15) is 9.59 Å². The standard InChI is InChI=1S/C20H22ClN5O4/c1-4-7-29-20-23-10-14(21)18(25-20)24-13-5-6-15-12(8-13)9-16(19(28)26(15)3)30-11-17(27)22-2/h5-6,8-10H,4,7,11H2,1-3H3,(H,22,27)(H,23,24,25). The van der Waals surface area contributed by atoms with E-state index in [1.54, 1.807) is 25.2 Å². The second-order valence-electron chi connectivity index (χ2n) is 6.43. The van der Waals surface area contributed by atoms with Gasteiger partial charge in [-0.2, -0.15) is 4.98 Å². The van der Waals surface area contributed by atoms with Crippen LogP contribution < -0.4 is 25.7 Å². The van der Waals surface area contributed by atoms with E-state index in [2.05, 4.69) is 20.6 Å². The van der Waals surface area contributed by atoms with Crippen molar-refractivity contribution in [2.24, 2.45) is 7.05 Å². The summed E-state index contributed by atoms with van der Waals surface area (Å²) in [5, 5.41) is 6.67. The first-order chi connectivity index (χ1) is 14.4. The molecule has 0 saturated carbocycles. The number of nitrogens with zero attached hydrogens (tertiary/aromatic N) is 3. The third-order valence-electron chi connectivity index (χ3n) is 4.25. The Hall–Kier alpha value is -3.33. The van der Waals surface area contributed by atoms with Crippen molar-refractivity contribution in [3.8, 4) is 11.8 Å². The summed E-state index contributed by atoms with van der Waals surface area (Å²) in [7, 11) is 3.14. The first-order valence-electron chi connectivity index (χ1n) is 9.32. The Bertz CT molecular complexity index is 1130. The molecule has 0 atom stereocenters. The number of fused-ring (bicyclic) bond motifs is 1. The largest absolute Gasteiger partial charge is 0.478 e. The SMILES string of the molecule is CCCOc1ncc(Cl)c(Nc2ccc3c(c2)cc(OCC(=O)NC)c(=O)n3C)n1. The quantitative estimate of drug-likeness (QED) is 0.564. The van der Waals surface area contributed by atoms with Crippen LogP contribution in [0.3, 0.4) is 0 Å². The lowest BCUT2D eigenvalue weighted by Gasteiger charge is -2.13. The van der Waals surface area contributed by atoms with Crippen LogP contribution in [-0.2, 0) is 11.8 Å². The molecule has 2 heterocycles. The summed E-state index contributed by atoms with van der Waals surface area (Å²) in [6, 6.07) is 7.26. The number of benzene rings is 1. The van der Waals surface area contributed by atoms with Crippen molar-refractivity contribution in [1.29, 1.82) is 0 Å². The molecular formula is C20H22ClN5O4. The number of nitrogens with one attached hydrogen (secondary N) is 2. The van der Waals surface area contributed by atoms with Gasteiger partial charge in [-0.1, -0.05) is 18.5 Å². The van der Waals surface area contributed by atoms with Gasteiger partial charge in [0.1, 0.15) is 5.02 Å². The van der Waals surface area contributed by atoms with Crippen molar-refractivity contribution in [1.82, 2.24) is 19.9 Å². The average molecular weight is 432 g/mol. The van der Waals surface area contributed by atoms with Gasteiger partial charge in [-0.15, -0.1) is 0 Å². The zero-order valence-electron chi connectivity index (χ0n) is 16.9. The number of halogens is 1. The molecule has 3 aromatic rings. The minimum Gasteiger partial charge on any atom is -0.478 e. The molecule has 0 aliphatic heterocycles. The van der Waals surface area contributed by atoms with Crippen LogP contribution in [0.1, 0.15) is 13.3 Å². The Morgan fingerprint density at radius 3 is 2.80 bits per heavy atom. The van der Waals surface area contributed by atoms with Crippen LogP contribution in [0.5, 0.6) is 11.8 Å². The maximum absolute atomic E-state index is 12.5. The van der Waals surface area contributed by atoms with Crippen LogP contribution in [0.2, 0.25) is 5.02 Å². The number of hydrogen-bond donors (Lipinski definition) is 2. The van der Waals surface area contributed by atoms with Crippen molar-refractivity contribution < 1.29 is 14.3 Å². The van der Waals surface area contributed by atoms with E-state index in [-0.39, 0.29) is 29.8 Å². The van der Waals surface area contributed by atoms with Gasteiger partial charge in [0.25, 0.3) is 11.5 Å². The molecular weight excluding hydrogens is 410 g/mol. The highest BCUT2D eigenvalue weighted by Crippen LogP contribution is 2.27. The number of rotatable bonds is 8. The average Bonchev–Trinajstić information content (AvgIpc) is 2.75. The molecule has 0 aliphatic rings. The highest BCUT2D eigenvalue weighted by molar-refractivity contribution is 6.32. The Labute approximate surface area is 178 Å². The summed E-state index contributed by atoms with van der Waals surface area (Å²) in [4.78, 5) is 32.2. The van der Waals surface area contributed by atoms with Crippen LogP contribution in [0.15, 0.2) is 35.3 Å². The molecule has 3 rings (SSSR count). The lowest BCUT2D eigenvalue weighted by atomic mass is 10.2. The molecule has 1 amide bonds. The Kier molecular flexibility index (Phi) is 6.73. The van der Waals surface area contributed by atoms with E-state index < -0.39 is 0 Å². The third-order valence-corrected chi connectivity index (χ3v) is 4.53. The van der Waals surface area contributed by atoms with E-state index >= 15 is 0 Å². The van der Waals surface area contributed by atoms with Gasteiger partial charge < -0.3 is 24.7 Å². The maximum atomic E-state index is 12.5. The number of aromatic nitrogens is 3. The number of carbonyl (C=O) groups is 1. The van der Waals surface area contributed by atoms with E-state index in [0.717, 1.165) is 11.8 Å². The minimum absolute atomic E-state index is 0.0843. The van der Waals surface area contributed by atoms with Gasteiger partial charge in [-0.05, 0) is 30.7 Å². The van der Waals surface area contributed by atoms with Gasteiger partial charge >= 0.3 is 6.01 Å². The second kappa shape index (κ2) is 9.45. The number of aryl methyl sites for hydroxylation is 1. The Balaban J connectivity index is 1.92. The van der Waals surface area contributed by atoms with E-state index in [1.165, 1.54) is 17.8 Å². The van der Waals surface area contributed by atoms with E-state index in [4.69, 9.17) is 21.1 Å². The fourth-order valence-electron chi connectivity index (χ4n) is 2.69. The Morgan fingerprint density at radius 2 is 2.07 bits per heavy atom. The number of hydrogen-bond acceptors (Lipinski definition) is 7. The molecule has 0 radical (unpaired) electrons. The van der Waals surface area contributed by atoms with Crippen LogP contribution in [0.25, 0.3) is 10.9 Å². The lowest BCUT2D eigenvalue weighted by Crippen LogP contribution is -2.27. The molecule has 10 heteroatoms. The fraction of sp³-hybridized carbons (Fsp3) is 0.300. The van der Waals surface area contributed by atoms with Crippen LogP contribution in [0, 0.1) is 0 Å². The number of carbonyl (C=O) groups excluding carboxylic acids is 1. The van der Waals surface area contributed by atoms with Gasteiger partial charge in [-0.3, -0.25) is 9.59 Å². The number of pyridine rings is 1. The predicted molar refractivity (Wildman–Crippen MR) is 115 cm³/mol. The number of anilines is 2. The molecule has 0 unspecified atom stereocenters. The minimum atomic E-state index is -0.330. The maximum Gasteiger partial charge on any atom is 0.318 e. The molecule has 2 N–H and O–H groups in total. The number of ether oxygens (including phenoxy) is 2. The van der Waals surface area contributed by atoms with Crippen LogP contribution in [0.4, 0.5) is 11.5 Å². The summed E-state index contributed by atoms with van der Waals surface area (Å²) in [5.41, 5.74) is 1.07. The molecule has 0 saturated heterocycles. The van der Waals surface area contributed by atoms with Crippen molar-refractivity contribution >= 4 is 39.9 Å². The Morgan fingerprint density at radius 1 is 1.27 bits per heavy atom. The van der Waals surface area contributed by atoms with Crippen molar-refractivity contribution in [2.45, 2.75) is 13.3 Å². The normalized spacial score (nSPS) is 10.7. The zero-order chi connectivity index (χ0) is 21.7. The molecule has 0 bridgehead atoms. The van der Waals surface area contributed by atoms with Gasteiger partial charge in [0.2, 0.25) is 0 Å². The molecule has 2 aromatic heterocycles. The summed E-state index contributed by atoms with van der Waals surface area (Å²) >= 11 is 6.21. The predicted octanol–water partition coefficient (Wildman–Crippen LogP) is 2.64. The highest BCUT2D eigenvalue weighted by atomic mass is 35.5. The lowest BCUT2D eigenvalue weighted by molar-refractivity contribution is -0.122. The van der Waals surface area contributed by atoms with Gasteiger partial charge in [0.15, 0.2) is 18.2 Å². The first kappa shape index (κ1) is 21.4. The molecule has 1 aromatic carbocycles. The monoisotopic (exact) mass is 431 g/mol. The summed E-state index contributed by atoms with van der Waals surface area (Å²) < 4.78 is 12.3. The summed E-state index contributed by atoms with van der Waals surface area (Å²) in [6.45, 7) is 2.25. The molecule has 158 valence electrons. The summed E-state index contributed by atoms with van der Waals surface area (Å²) in [6.07, 6.45) is 2.31. The molecule has 30 heavy (non-hydrogen) atoms. The third kappa shape index (κ3) is 4.80. The number of likely N-dealkylation sites (N-methyl/N-ethyl adjacent to an activating group) is 1.